The first kappa shape index (κ1) is 17.2. The SMILES string of the molecule is COc1ccc(C(C)=O)cc1CC(=O)N1CCCc2cccc(C)c21. The monoisotopic (exact) mass is 337 g/mol. The predicted octanol–water partition coefficient (Wildman–Crippen LogP) is 3.73. The molecule has 1 aliphatic rings. The van der Waals surface area contributed by atoms with Crippen molar-refractivity contribution in [3.63, 3.8) is 0 Å². The summed E-state index contributed by atoms with van der Waals surface area (Å²) in [5, 5.41) is 0. The van der Waals surface area contributed by atoms with Crippen LogP contribution in [0.3, 0.4) is 0 Å². The number of nitrogens with zero attached hydrogens (tertiary/aromatic N) is 1. The van der Waals surface area contributed by atoms with Crippen LogP contribution in [0.15, 0.2) is 36.4 Å². The predicted molar refractivity (Wildman–Crippen MR) is 98.6 cm³/mol. The van der Waals surface area contributed by atoms with Gasteiger partial charge in [0.25, 0.3) is 0 Å². The summed E-state index contributed by atoms with van der Waals surface area (Å²) in [5.74, 6) is 0.658. The fourth-order valence-corrected chi connectivity index (χ4v) is 3.49. The maximum Gasteiger partial charge on any atom is 0.231 e. The molecule has 4 heteroatoms. The second-order valence-electron chi connectivity index (χ2n) is 6.49. The molecule has 0 fully saturated rings. The first-order chi connectivity index (χ1) is 12.0. The molecule has 0 unspecified atom stereocenters. The van der Waals surface area contributed by atoms with E-state index in [4.69, 9.17) is 4.74 Å². The normalized spacial score (nSPS) is 13.3. The van der Waals surface area contributed by atoms with Crippen LogP contribution in [0.2, 0.25) is 0 Å². The van der Waals surface area contributed by atoms with Crippen molar-refractivity contribution in [3.8, 4) is 5.75 Å². The van der Waals surface area contributed by atoms with Crippen molar-refractivity contribution in [2.75, 3.05) is 18.6 Å². The second kappa shape index (κ2) is 7.09. The minimum atomic E-state index is -0.0180. The fraction of sp³-hybridized carbons (Fsp3) is 0.333. The number of ether oxygens (including phenoxy) is 1. The van der Waals surface area contributed by atoms with E-state index in [1.54, 1.807) is 25.3 Å². The van der Waals surface area contributed by atoms with Crippen LogP contribution in [-0.4, -0.2) is 25.3 Å². The Morgan fingerprint density at radius 2 is 2.00 bits per heavy atom. The zero-order valence-corrected chi connectivity index (χ0v) is 15.0. The molecule has 130 valence electrons. The number of anilines is 1. The van der Waals surface area contributed by atoms with Crippen LogP contribution in [0.4, 0.5) is 5.69 Å². The molecular formula is C21H23NO3. The van der Waals surface area contributed by atoms with E-state index in [0.29, 0.717) is 11.3 Å². The second-order valence-corrected chi connectivity index (χ2v) is 6.49. The number of methoxy groups -OCH3 is 1. The Morgan fingerprint density at radius 1 is 1.20 bits per heavy atom. The molecule has 2 aromatic carbocycles. The average molecular weight is 337 g/mol. The molecule has 1 aliphatic heterocycles. The highest BCUT2D eigenvalue weighted by atomic mass is 16.5. The van der Waals surface area contributed by atoms with Gasteiger partial charge < -0.3 is 9.64 Å². The van der Waals surface area contributed by atoms with Crippen molar-refractivity contribution >= 4 is 17.4 Å². The Morgan fingerprint density at radius 3 is 2.72 bits per heavy atom. The zero-order valence-electron chi connectivity index (χ0n) is 15.0. The number of amides is 1. The van der Waals surface area contributed by atoms with E-state index < -0.39 is 0 Å². The van der Waals surface area contributed by atoms with Crippen LogP contribution in [0.5, 0.6) is 5.75 Å². The van der Waals surface area contributed by atoms with Gasteiger partial charge in [-0.2, -0.15) is 0 Å². The van der Waals surface area contributed by atoms with Crippen molar-refractivity contribution < 1.29 is 14.3 Å². The van der Waals surface area contributed by atoms with E-state index in [1.165, 1.54) is 12.5 Å². The molecule has 0 saturated heterocycles. The molecule has 2 aromatic rings. The molecule has 0 aliphatic carbocycles. The number of carbonyl (C=O) groups is 2. The lowest BCUT2D eigenvalue weighted by atomic mass is 9.97. The standard InChI is InChI=1S/C21H23NO3/c1-14-6-4-7-16-8-5-11-22(21(14)16)20(24)13-18-12-17(15(2)23)9-10-19(18)25-3/h4,6-7,9-10,12H,5,8,11,13H2,1-3H3. The van der Waals surface area contributed by atoms with Crippen molar-refractivity contribution in [2.45, 2.75) is 33.1 Å². The Kier molecular flexibility index (Phi) is 4.88. The number of aryl methyl sites for hydroxylation is 2. The van der Waals surface area contributed by atoms with Crippen LogP contribution in [0.25, 0.3) is 0 Å². The Bertz CT molecular complexity index is 826. The third-order valence-corrected chi connectivity index (χ3v) is 4.75. The molecule has 25 heavy (non-hydrogen) atoms. The highest BCUT2D eigenvalue weighted by molar-refractivity contribution is 5.98. The third-order valence-electron chi connectivity index (χ3n) is 4.75. The number of ketones is 1. The highest BCUT2D eigenvalue weighted by Crippen LogP contribution is 2.31. The number of hydrogen-bond acceptors (Lipinski definition) is 3. The number of Topliss-reactive ketones (excluding diaryl/α,β-unsaturated/α-hetero) is 1. The van der Waals surface area contributed by atoms with E-state index in [1.807, 2.05) is 24.0 Å². The van der Waals surface area contributed by atoms with Gasteiger partial charge in [-0.25, -0.2) is 0 Å². The summed E-state index contributed by atoms with van der Waals surface area (Å²) in [4.78, 5) is 26.6. The molecule has 4 nitrogen and oxygen atoms in total. The van der Waals surface area contributed by atoms with Gasteiger partial charge in [0.15, 0.2) is 5.78 Å². The van der Waals surface area contributed by atoms with Gasteiger partial charge in [0, 0.05) is 23.4 Å². The van der Waals surface area contributed by atoms with Gasteiger partial charge in [-0.1, -0.05) is 18.2 Å². The Labute approximate surface area is 148 Å². The minimum absolute atomic E-state index is 0.0180. The summed E-state index contributed by atoms with van der Waals surface area (Å²) in [6.07, 6.45) is 2.19. The largest absolute Gasteiger partial charge is 0.496 e. The van der Waals surface area contributed by atoms with Crippen molar-refractivity contribution in [2.24, 2.45) is 0 Å². The van der Waals surface area contributed by atoms with Gasteiger partial charge in [0.2, 0.25) is 5.91 Å². The molecule has 1 amide bonds. The number of carbonyl (C=O) groups excluding carboxylic acids is 2. The van der Waals surface area contributed by atoms with E-state index in [2.05, 4.69) is 6.07 Å². The molecule has 0 bridgehead atoms. The minimum Gasteiger partial charge on any atom is -0.496 e. The molecule has 3 rings (SSSR count). The maximum atomic E-state index is 13.0. The van der Waals surface area contributed by atoms with Gasteiger partial charge in [-0.15, -0.1) is 0 Å². The topological polar surface area (TPSA) is 46.6 Å². The van der Waals surface area contributed by atoms with Crippen molar-refractivity contribution in [1.29, 1.82) is 0 Å². The number of rotatable bonds is 4. The van der Waals surface area contributed by atoms with E-state index in [-0.39, 0.29) is 18.1 Å². The lowest BCUT2D eigenvalue weighted by molar-refractivity contribution is -0.118. The van der Waals surface area contributed by atoms with E-state index in [9.17, 15) is 9.59 Å². The zero-order chi connectivity index (χ0) is 18.0. The molecular weight excluding hydrogens is 314 g/mol. The van der Waals surface area contributed by atoms with Crippen LogP contribution in [-0.2, 0) is 17.6 Å². The molecule has 0 radical (unpaired) electrons. The maximum absolute atomic E-state index is 13.0. The van der Waals surface area contributed by atoms with Gasteiger partial charge >= 0.3 is 0 Å². The lowest BCUT2D eigenvalue weighted by Gasteiger charge is -2.31. The van der Waals surface area contributed by atoms with Crippen LogP contribution in [0, 0.1) is 6.92 Å². The lowest BCUT2D eigenvalue weighted by Crippen LogP contribution is -2.37. The quantitative estimate of drug-likeness (QED) is 0.799. The van der Waals surface area contributed by atoms with Crippen LogP contribution < -0.4 is 9.64 Å². The first-order valence-electron chi connectivity index (χ1n) is 8.58. The molecule has 1 heterocycles. The summed E-state index contributed by atoms with van der Waals surface area (Å²) < 4.78 is 5.38. The van der Waals surface area contributed by atoms with Gasteiger partial charge in [-0.3, -0.25) is 9.59 Å². The Balaban J connectivity index is 1.92. The third kappa shape index (κ3) is 3.43. The number of fused-ring (bicyclic) bond motifs is 1. The Hall–Kier alpha value is -2.62. The fourth-order valence-electron chi connectivity index (χ4n) is 3.49. The molecule has 0 spiro atoms. The van der Waals surface area contributed by atoms with Crippen LogP contribution >= 0.6 is 0 Å². The van der Waals surface area contributed by atoms with Crippen molar-refractivity contribution in [1.82, 2.24) is 0 Å². The number of hydrogen-bond donors (Lipinski definition) is 0. The number of para-hydroxylation sites is 1. The van der Waals surface area contributed by atoms with Gasteiger partial charge in [0.1, 0.15) is 5.75 Å². The molecule has 0 saturated carbocycles. The van der Waals surface area contributed by atoms with Gasteiger partial charge in [0.05, 0.1) is 13.5 Å². The van der Waals surface area contributed by atoms with Crippen molar-refractivity contribution in [3.05, 3.63) is 58.7 Å². The molecule has 0 N–H and O–H groups in total. The smallest absolute Gasteiger partial charge is 0.231 e. The average Bonchev–Trinajstić information content (AvgIpc) is 2.61. The van der Waals surface area contributed by atoms with Gasteiger partial charge in [-0.05, 0) is 56.0 Å². The van der Waals surface area contributed by atoms with Crippen LogP contribution in [0.1, 0.15) is 40.4 Å². The molecule has 0 aromatic heterocycles. The molecule has 0 atom stereocenters. The van der Waals surface area contributed by atoms with E-state index in [0.717, 1.165) is 36.2 Å². The number of benzene rings is 2. The summed E-state index contributed by atoms with van der Waals surface area (Å²) in [5.41, 5.74) is 4.74. The summed E-state index contributed by atoms with van der Waals surface area (Å²) in [6.45, 7) is 4.30. The highest BCUT2D eigenvalue weighted by Gasteiger charge is 2.25. The summed E-state index contributed by atoms with van der Waals surface area (Å²) >= 11 is 0. The van der Waals surface area contributed by atoms with E-state index >= 15 is 0 Å². The first-order valence-corrected chi connectivity index (χ1v) is 8.58. The summed E-state index contributed by atoms with van der Waals surface area (Å²) in [6, 6.07) is 11.4. The summed E-state index contributed by atoms with van der Waals surface area (Å²) in [7, 11) is 1.58.